The molecule has 7 nitrogen and oxygen atoms in total. The van der Waals surface area contributed by atoms with Gasteiger partial charge in [0, 0.05) is 23.2 Å². The van der Waals surface area contributed by atoms with E-state index in [0.717, 1.165) is 5.39 Å². The number of carbonyl (C=O) groups is 1. The van der Waals surface area contributed by atoms with Gasteiger partial charge in [-0.25, -0.2) is 9.97 Å². The summed E-state index contributed by atoms with van der Waals surface area (Å²) in [6.45, 7) is 3.59. The molecule has 2 heterocycles. The highest BCUT2D eigenvalue weighted by Gasteiger charge is 2.20. The Morgan fingerprint density at radius 2 is 1.82 bits per heavy atom. The highest BCUT2D eigenvalue weighted by Crippen LogP contribution is 2.45. The Balaban J connectivity index is 2.04. The molecule has 0 spiro atoms. The number of fused-ring (bicyclic) bond motifs is 1. The van der Waals surface area contributed by atoms with Crippen LogP contribution in [0.5, 0.6) is 11.5 Å². The van der Waals surface area contributed by atoms with Gasteiger partial charge in [-0.15, -0.1) is 0 Å². The minimum Gasteiger partial charge on any atom is -0.495 e. The number of carbonyl (C=O) groups excluding carboxylic acids is 1. The number of halogens is 2. The highest BCUT2D eigenvalue weighted by atomic mass is 35.5. The van der Waals surface area contributed by atoms with Gasteiger partial charge >= 0.3 is 0 Å². The van der Waals surface area contributed by atoms with Gasteiger partial charge < -0.3 is 14.8 Å². The van der Waals surface area contributed by atoms with Crippen molar-refractivity contribution in [3.05, 3.63) is 53.1 Å². The molecule has 144 valence electrons. The maximum absolute atomic E-state index is 11.3. The molecule has 0 bridgehead atoms. The van der Waals surface area contributed by atoms with Crippen molar-refractivity contribution in [3.8, 4) is 22.8 Å². The molecule has 0 radical (unpaired) electrons. The van der Waals surface area contributed by atoms with Crippen LogP contribution in [0.15, 0.2) is 37.2 Å². The Labute approximate surface area is 171 Å². The van der Waals surface area contributed by atoms with Crippen molar-refractivity contribution >= 4 is 40.0 Å². The van der Waals surface area contributed by atoms with E-state index in [1.807, 2.05) is 0 Å². The lowest BCUT2D eigenvalue weighted by molar-refractivity contribution is -0.116. The topological polar surface area (TPSA) is 86.2 Å². The summed E-state index contributed by atoms with van der Waals surface area (Å²) in [6, 6.07) is 3.38. The Bertz CT molecular complexity index is 1040. The van der Waals surface area contributed by atoms with E-state index in [2.05, 4.69) is 26.8 Å². The van der Waals surface area contributed by atoms with Crippen molar-refractivity contribution in [2.75, 3.05) is 14.2 Å². The summed E-state index contributed by atoms with van der Waals surface area (Å²) >= 11 is 12.9. The van der Waals surface area contributed by atoms with E-state index < -0.39 is 0 Å². The molecular weight excluding hydrogens is 403 g/mol. The highest BCUT2D eigenvalue weighted by molar-refractivity contribution is 6.41. The Hall–Kier alpha value is -2.90. The van der Waals surface area contributed by atoms with Gasteiger partial charge in [0.15, 0.2) is 0 Å². The third kappa shape index (κ3) is 3.85. The predicted molar refractivity (Wildman–Crippen MR) is 108 cm³/mol. The van der Waals surface area contributed by atoms with Gasteiger partial charge in [-0.1, -0.05) is 29.8 Å². The second kappa shape index (κ2) is 8.41. The standard InChI is InChI=1S/C19H16Cl2N4O3/c1-4-16(26)24-9-15-23-7-10-5-11(22-8-12(10)25-15)17-18(20)13(27-2)6-14(28-3)19(17)21/h4-8H,1,9H2,2-3H3,(H,24,26). The zero-order valence-corrected chi connectivity index (χ0v) is 16.6. The Morgan fingerprint density at radius 3 is 2.43 bits per heavy atom. The fourth-order valence-electron chi connectivity index (χ4n) is 2.54. The van der Waals surface area contributed by atoms with Gasteiger partial charge in [0.25, 0.3) is 0 Å². The second-order valence-corrected chi connectivity index (χ2v) is 6.38. The van der Waals surface area contributed by atoms with Crippen molar-refractivity contribution in [2.45, 2.75) is 6.54 Å². The number of benzene rings is 1. The maximum Gasteiger partial charge on any atom is 0.243 e. The molecule has 0 saturated carbocycles. The summed E-state index contributed by atoms with van der Waals surface area (Å²) in [5.41, 5.74) is 1.63. The van der Waals surface area contributed by atoms with E-state index in [4.69, 9.17) is 32.7 Å². The number of amides is 1. The fraction of sp³-hybridized carbons (Fsp3) is 0.158. The molecule has 0 atom stereocenters. The number of hydrogen-bond donors (Lipinski definition) is 1. The molecular formula is C19H16Cl2N4O3. The first-order chi connectivity index (χ1) is 13.5. The first-order valence-electron chi connectivity index (χ1n) is 8.10. The van der Waals surface area contributed by atoms with E-state index in [0.29, 0.717) is 44.1 Å². The van der Waals surface area contributed by atoms with E-state index in [1.54, 1.807) is 24.5 Å². The van der Waals surface area contributed by atoms with Gasteiger partial charge in [-0.2, -0.15) is 0 Å². The molecule has 0 unspecified atom stereocenters. The molecule has 0 saturated heterocycles. The molecule has 0 aliphatic heterocycles. The number of pyridine rings is 1. The largest absolute Gasteiger partial charge is 0.495 e. The van der Waals surface area contributed by atoms with Gasteiger partial charge in [0.2, 0.25) is 5.91 Å². The number of aromatic nitrogens is 3. The predicted octanol–water partition coefficient (Wildman–Crippen LogP) is 3.82. The summed E-state index contributed by atoms with van der Waals surface area (Å²) in [7, 11) is 3.01. The van der Waals surface area contributed by atoms with Crippen LogP contribution in [0.25, 0.3) is 22.2 Å². The van der Waals surface area contributed by atoms with Crippen LogP contribution in [0.2, 0.25) is 10.0 Å². The van der Waals surface area contributed by atoms with Crippen LogP contribution in [-0.2, 0) is 11.3 Å². The SMILES string of the molecule is C=CC(=O)NCc1ncc2cc(-c3c(Cl)c(OC)cc(OC)c3Cl)ncc2n1. The first-order valence-corrected chi connectivity index (χ1v) is 8.86. The Kier molecular flexibility index (Phi) is 5.96. The lowest BCUT2D eigenvalue weighted by Gasteiger charge is -2.14. The quantitative estimate of drug-likeness (QED) is 0.612. The number of methoxy groups -OCH3 is 2. The molecule has 0 aliphatic carbocycles. The molecule has 1 aromatic carbocycles. The van der Waals surface area contributed by atoms with Crippen molar-refractivity contribution in [3.63, 3.8) is 0 Å². The summed E-state index contributed by atoms with van der Waals surface area (Å²) in [5, 5.41) is 4.01. The minimum atomic E-state index is -0.298. The normalized spacial score (nSPS) is 10.6. The van der Waals surface area contributed by atoms with Crippen molar-refractivity contribution in [1.29, 1.82) is 0 Å². The van der Waals surface area contributed by atoms with Crippen molar-refractivity contribution < 1.29 is 14.3 Å². The van der Waals surface area contributed by atoms with Gasteiger partial charge in [0.05, 0.1) is 48.2 Å². The maximum atomic E-state index is 11.3. The third-order valence-corrected chi connectivity index (χ3v) is 4.70. The average Bonchev–Trinajstić information content (AvgIpc) is 2.72. The summed E-state index contributed by atoms with van der Waals surface area (Å²) in [4.78, 5) is 24.4. The lowest BCUT2D eigenvalue weighted by atomic mass is 10.1. The molecule has 9 heteroatoms. The molecule has 0 fully saturated rings. The molecule has 0 aliphatic rings. The van der Waals surface area contributed by atoms with E-state index in [1.165, 1.54) is 20.3 Å². The summed E-state index contributed by atoms with van der Waals surface area (Å²) < 4.78 is 10.6. The van der Waals surface area contributed by atoms with Crippen LogP contribution in [0.3, 0.4) is 0 Å². The number of ether oxygens (including phenoxy) is 2. The van der Waals surface area contributed by atoms with Gasteiger partial charge in [-0.05, 0) is 12.1 Å². The van der Waals surface area contributed by atoms with E-state index >= 15 is 0 Å². The number of nitrogens with one attached hydrogen (secondary N) is 1. The lowest BCUT2D eigenvalue weighted by Crippen LogP contribution is -2.21. The zero-order chi connectivity index (χ0) is 20.3. The van der Waals surface area contributed by atoms with Crippen LogP contribution < -0.4 is 14.8 Å². The molecule has 1 N–H and O–H groups in total. The van der Waals surface area contributed by atoms with E-state index in [9.17, 15) is 4.79 Å². The Morgan fingerprint density at radius 1 is 1.14 bits per heavy atom. The van der Waals surface area contributed by atoms with Gasteiger partial charge in [0.1, 0.15) is 17.3 Å². The molecule has 3 aromatic rings. The van der Waals surface area contributed by atoms with Crippen LogP contribution >= 0.6 is 23.2 Å². The smallest absolute Gasteiger partial charge is 0.243 e. The summed E-state index contributed by atoms with van der Waals surface area (Å²) in [6.07, 6.45) is 4.41. The van der Waals surface area contributed by atoms with Crippen LogP contribution in [0.4, 0.5) is 0 Å². The second-order valence-electron chi connectivity index (χ2n) is 5.62. The molecule has 1 amide bonds. The average molecular weight is 419 g/mol. The summed E-state index contributed by atoms with van der Waals surface area (Å²) in [5.74, 6) is 0.999. The molecule has 3 rings (SSSR count). The van der Waals surface area contributed by atoms with Gasteiger partial charge in [-0.3, -0.25) is 9.78 Å². The fourth-order valence-corrected chi connectivity index (χ4v) is 3.24. The van der Waals surface area contributed by atoms with E-state index in [-0.39, 0.29) is 12.5 Å². The zero-order valence-electron chi connectivity index (χ0n) is 15.1. The van der Waals surface area contributed by atoms with Crippen LogP contribution in [-0.4, -0.2) is 35.1 Å². The minimum absolute atomic E-state index is 0.188. The monoisotopic (exact) mass is 418 g/mol. The van der Waals surface area contributed by atoms with Crippen LogP contribution in [0.1, 0.15) is 5.82 Å². The number of nitrogens with zero attached hydrogens (tertiary/aromatic N) is 3. The number of rotatable bonds is 6. The first kappa shape index (κ1) is 19.9. The molecule has 28 heavy (non-hydrogen) atoms. The third-order valence-electron chi connectivity index (χ3n) is 3.95. The van der Waals surface area contributed by atoms with Crippen LogP contribution in [0, 0.1) is 0 Å². The van der Waals surface area contributed by atoms with Crippen molar-refractivity contribution in [1.82, 2.24) is 20.3 Å². The number of hydrogen-bond acceptors (Lipinski definition) is 6. The molecule has 2 aromatic heterocycles. The van der Waals surface area contributed by atoms with Crippen molar-refractivity contribution in [2.24, 2.45) is 0 Å².